The molecule has 1 N–H and O–H groups in total. The first kappa shape index (κ1) is 20.4. The van der Waals surface area contributed by atoms with Crippen molar-refractivity contribution in [3.63, 3.8) is 0 Å². The zero-order valence-corrected chi connectivity index (χ0v) is 16.2. The van der Waals surface area contributed by atoms with Crippen molar-refractivity contribution in [1.29, 1.82) is 0 Å². The SMILES string of the molecule is CCN(CC)S(=O)(=O)c1ccc(CNC(=O)[C@H]2CC[C@@H]2C(=O)OC)cc1. The normalized spacial score (nSPS) is 19.7. The van der Waals surface area contributed by atoms with Crippen molar-refractivity contribution in [2.24, 2.45) is 11.8 Å². The molecule has 0 aliphatic heterocycles. The minimum absolute atomic E-state index is 0.175. The fourth-order valence-electron chi connectivity index (χ4n) is 3.06. The van der Waals surface area contributed by atoms with Gasteiger partial charge in [0.1, 0.15) is 0 Å². The Balaban J connectivity index is 1.96. The van der Waals surface area contributed by atoms with Crippen molar-refractivity contribution in [3.8, 4) is 0 Å². The predicted octanol–water partition coefficient (Wildman–Crippen LogP) is 1.53. The quantitative estimate of drug-likeness (QED) is 0.689. The third-order valence-corrected chi connectivity index (χ3v) is 6.91. The summed E-state index contributed by atoms with van der Waals surface area (Å²) in [6.07, 6.45) is 1.34. The second kappa shape index (κ2) is 8.64. The lowest BCUT2D eigenvalue weighted by atomic mass is 9.73. The maximum atomic E-state index is 12.4. The van der Waals surface area contributed by atoms with Crippen molar-refractivity contribution in [2.75, 3.05) is 20.2 Å². The fourth-order valence-corrected chi connectivity index (χ4v) is 4.52. The Morgan fingerprint density at radius 2 is 1.69 bits per heavy atom. The molecule has 2 rings (SSSR count). The van der Waals surface area contributed by atoms with Crippen LogP contribution in [0.5, 0.6) is 0 Å². The van der Waals surface area contributed by atoms with Crippen LogP contribution in [0.3, 0.4) is 0 Å². The summed E-state index contributed by atoms with van der Waals surface area (Å²) in [5, 5.41) is 2.81. The number of sulfonamides is 1. The molecule has 2 atom stereocenters. The van der Waals surface area contributed by atoms with Crippen LogP contribution in [0.4, 0.5) is 0 Å². The van der Waals surface area contributed by atoms with Gasteiger partial charge in [0.05, 0.1) is 23.8 Å². The zero-order chi connectivity index (χ0) is 19.3. The average molecular weight is 382 g/mol. The van der Waals surface area contributed by atoms with Crippen LogP contribution in [0.25, 0.3) is 0 Å². The van der Waals surface area contributed by atoms with E-state index in [1.165, 1.54) is 11.4 Å². The van der Waals surface area contributed by atoms with Crippen LogP contribution in [0.15, 0.2) is 29.2 Å². The van der Waals surface area contributed by atoms with E-state index in [9.17, 15) is 18.0 Å². The second-order valence-electron chi connectivity index (χ2n) is 6.26. The molecule has 144 valence electrons. The van der Waals surface area contributed by atoms with Gasteiger partial charge in [0.2, 0.25) is 15.9 Å². The number of nitrogens with zero attached hydrogens (tertiary/aromatic N) is 1. The Bertz CT molecular complexity index is 741. The second-order valence-corrected chi connectivity index (χ2v) is 8.20. The van der Waals surface area contributed by atoms with E-state index in [0.717, 1.165) is 5.56 Å². The molecule has 1 aromatic carbocycles. The molecule has 7 nitrogen and oxygen atoms in total. The van der Waals surface area contributed by atoms with E-state index in [-0.39, 0.29) is 35.2 Å². The third-order valence-electron chi connectivity index (χ3n) is 4.85. The van der Waals surface area contributed by atoms with Crippen LogP contribution in [-0.2, 0) is 30.9 Å². The summed E-state index contributed by atoms with van der Waals surface area (Å²) < 4.78 is 31.0. The molecule has 0 saturated heterocycles. The number of carbonyl (C=O) groups excluding carboxylic acids is 2. The Morgan fingerprint density at radius 3 is 2.15 bits per heavy atom. The molecule has 0 unspecified atom stereocenters. The molecule has 0 spiro atoms. The lowest BCUT2D eigenvalue weighted by Gasteiger charge is -2.32. The van der Waals surface area contributed by atoms with E-state index < -0.39 is 10.0 Å². The lowest BCUT2D eigenvalue weighted by molar-refractivity contribution is -0.155. The first-order valence-electron chi connectivity index (χ1n) is 8.79. The maximum absolute atomic E-state index is 12.4. The zero-order valence-electron chi connectivity index (χ0n) is 15.4. The molecule has 0 bridgehead atoms. The summed E-state index contributed by atoms with van der Waals surface area (Å²) in [5.41, 5.74) is 0.797. The van der Waals surface area contributed by atoms with Gasteiger partial charge in [-0.05, 0) is 30.5 Å². The molecule has 1 aliphatic carbocycles. The van der Waals surface area contributed by atoms with Crippen LogP contribution in [0.1, 0.15) is 32.3 Å². The number of rotatable bonds is 8. The fraction of sp³-hybridized carbons (Fsp3) is 0.556. The summed E-state index contributed by atoms with van der Waals surface area (Å²) in [6.45, 7) is 4.72. The number of nitrogens with one attached hydrogen (secondary N) is 1. The Labute approximate surface area is 154 Å². The van der Waals surface area contributed by atoms with Gasteiger partial charge in [0, 0.05) is 19.6 Å². The van der Waals surface area contributed by atoms with Gasteiger partial charge >= 0.3 is 5.97 Å². The molecule has 0 heterocycles. The Kier molecular flexibility index (Phi) is 6.77. The summed E-state index contributed by atoms with van der Waals surface area (Å²) in [6, 6.07) is 6.48. The first-order valence-corrected chi connectivity index (χ1v) is 10.2. The number of carbonyl (C=O) groups is 2. The van der Waals surface area contributed by atoms with Crippen LogP contribution in [0.2, 0.25) is 0 Å². The standard InChI is InChI=1S/C18H26N2O5S/c1-4-20(5-2)26(23,24)14-8-6-13(7-9-14)12-19-17(21)15-10-11-16(15)18(22)25-3/h6-9,15-16H,4-5,10-12H2,1-3H3,(H,19,21)/t15-,16-/m0/s1. The van der Waals surface area contributed by atoms with E-state index in [0.29, 0.717) is 25.9 Å². The van der Waals surface area contributed by atoms with Crippen molar-refractivity contribution in [1.82, 2.24) is 9.62 Å². The molecular weight excluding hydrogens is 356 g/mol. The number of hydrogen-bond donors (Lipinski definition) is 1. The number of amides is 1. The van der Waals surface area contributed by atoms with Crippen LogP contribution in [0, 0.1) is 11.8 Å². The maximum Gasteiger partial charge on any atom is 0.309 e. The Hall–Kier alpha value is -1.93. The molecule has 8 heteroatoms. The topological polar surface area (TPSA) is 92.8 Å². The largest absolute Gasteiger partial charge is 0.469 e. The van der Waals surface area contributed by atoms with Crippen LogP contribution < -0.4 is 5.32 Å². The lowest BCUT2D eigenvalue weighted by Crippen LogP contribution is -2.44. The van der Waals surface area contributed by atoms with Crippen molar-refractivity contribution < 1.29 is 22.7 Å². The van der Waals surface area contributed by atoms with Crippen molar-refractivity contribution in [2.45, 2.75) is 38.1 Å². The minimum Gasteiger partial charge on any atom is -0.469 e. The van der Waals surface area contributed by atoms with E-state index in [1.54, 1.807) is 38.1 Å². The van der Waals surface area contributed by atoms with Crippen LogP contribution in [-0.4, -0.2) is 44.8 Å². The molecule has 1 aliphatic rings. The van der Waals surface area contributed by atoms with Gasteiger partial charge in [-0.25, -0.2) is 8.42 Å². The number of methoxy groups -OCH3 is 1. The van der Waals surface area contributed by atoms with E-state index in [4.69, 9.17) is 4.74 Å². The highest BCUT2D eigenvalue weighted by molar-refractivity contribution is 7.89. The molecule has 0 radical (unpaired) electrons. The molecule has 1 amide bonds. The Morgan fingerprint density at radius 1 is 1.12 bits per heavy atom. The number of ether oxygens (including phenoxy) is 1. The van der Waals surface area contributed by atoms with Gasteiger partial charge in [-0.3, -0.25) is 9.59 Å². The van der Waals surface area contributed by atoms with E-state index in [1.807, 2.05) is 0 Å². The third kappa shape index (κ3) is 4.24. The number of hydrogen-bond acceptors (Lipinski definition) is 5. The monoisotopic (exact) mass is 382 g/mol. The summed E-state index contributed by atoms with van der Waals surface area (Å²) in [7, 11) is -2.16. The number of benzene rings is 1. The van der Waals surface area contributed by atoms with Gasteiger partial charge in [-0.2, -0.15) is 4.31 Å². The predicted molar refractivity (Wildman–Crippen MR) is 96.6 cm³/mol. The smallest absolute Gasteiger partial charge is 0.309 e. The molecule has 1 saturated carbocycles. The average Bonchev–Trinajstić information content (AvgIpc) is 2.60. The van der Waals surface area contributed by atoms with Crippen molar-refractivity contribution >= 4 is 21.9 Å². The summed E-state index contributed by atoms with van der Waals surface area (Å²) >= 11 is 0. The summed E-state index contributed by atoms with van der Waals surface area (Å²) in [4.78, 5) is 24.0. The van der Waals surface area contributed by atoms with Gasteiger partial charge in [0.25, 0.3) is 0 Å². The summed E-state index contributed by atoms with van der Waals surface area (Å²) in [5.74, 6) is -1.22. The molecule has 1 aromatic rings. The highest BCUT2D eigenvalue weighted by Crippen LogP contribution is 2.35. The highest BCUT2D eigenvalue weighted by atomic mass is 32.2. The molecule has 1 fully saturated rings. The minimum atomic E-state index is -3.48. The highest BCUT2D eigenvalue weighted by Gasteiger charge is 2.41. The molecular formula is C18H26N2O5S. The van der Waals surface area contributed by atoms with Crippen LogP contribution >= 0.6 is 0 Å². The molecule has 0 aromatic heterocycles. The van der Waals surface area contributed by atoms with Gasteiger partial charge < -0.3 is 10.1 Å². The van der Waals surface area contributed by atoms with Gasteiger partial charge in [0.15, 0.2) is 0 Å². The first-order chi connectivity index (χ1) is 12.3. The van der Waals surface area contributed by atoms with E-state index in [2.05, 4.69) is 5.32 Å². The molecule has 26 heavy (non-hydrogen) atoms. The van der Waals surface area contributed by atoms with Gasteiger partial charge in [-0.15, -0.1) is 0 Å². The number of esters is 1. The van der Waals surface area contributed by atoms with E-state index >= 15 is 0 Å². The van der Waals surface area contributed by atoms with Gasteiger partial charge in [-0.1, -0.05) is 26.0 Å². The van der Waals surface area contributed by atoms with Crippen molar-refractivity contribution in [3.05, 3.63) is 29.8 Å².